The van der Waals surface area contributed by atoms with E-state index >= 15 is 24.0 Å². The van der Waals surface area contributed by atoms with Crippen molar-refractivity contribution in [3.05, 3.63) is 34.3 Å². The third-order valence-corrected chi connectivity index (χ3v) is 23.0. The smallest absolute Gasteiger partial charge is 0.343 e. The molecule has 7 aliphatic rings. The summed E-state index contributed by atoms with van der Waals surface area (Å²) in [6.45, 7) is 8.97. The highest BCUT2D eigenvalue weighted by molar-refractivity contribution is 6.31. The number of hydrogen-bond acceptors (Lipinski definition) is 12. The third kappa shape index (κ3) is 18.2. The van der Waals surface area contributed by atoms with Crippen LogP contribution in [0.1, 0.15) is 187 Å². The fraction of sp³-hybridized carbons (Fsp3) is 0.750. The number of likely N-dealkylation sites (tertiary alicyclic amines) is 1. The molecule has 8 rings (SSSR count). The number of alkyl halides is 3. The highest BCUT2D eigenvalue weighted by Gasteiger charge is 2.52. The van der Waals surface area contributed by atoms with Gasteiger partial charge in [-0.15, -0.1) is 0 Å². The van der Waals surface area contributed by atoms with E-state index in [0.29, 0.717) is 57.2 Å². The Morgan fingerprint density at radius 3 is 1.83 bits per heavy atom. The van der Waals surface area contributed by atoms with E-state index in [1.807, 2.05) is 6.92 Å². The molecule has 3 saturated carbocycles. The van der Waals surface area contributed by atoms with Crippen molar-refractivity contribution in [2.45, 2.75) is 248 Å². The van der Waals surface area contributed by atoms with Crippen LogP contribution in [-0.2, 0) is 70.1 Å². The van der Waals surface area contributed by atoms with Crippen molar-refractivity contribution in [2.24, 2.45) is 23.7 Å². The topological polar surface area (TPSA) is 270 Å². The first kappa shape index (κ1) is 78.7. The minimum atomic E-state index is -4.76. The number of nitrogens with zero attached hydrogens (tertiary/aromatic N) is 9. The van der Waals surface area contributed by atoms with Crippen LogP contribution >= 0.6 is 11.6 Å². The molecule has 1 spiro atoms. The zero-order valence-electron chi connectivity index (χ0n) is 60.5. The SMILES string of the molecule is CC[C@H](C)[C@@H]1NC(=O)[C@H](CC2CC2)N(C)C(=O)C[C@@H](C(=O)N2CCCCC2)N(C)C(=O)[C@H](C(C)C)N(C)C(=O)C2(CCCC2)NC(=O)[C@@H]2CCCN2C(=O)[C@H](CCc2ccc(C(F)(F)F)c(Cl)c2)NC(=O)CN(C)C(=O)[C@H](CC2CCCCC2)N(C)C(=O)[C@@H]2CCN2C(=O)[C@H](C)N(C)C1=O. The Bertz CT molecular complexity index is 3190. The molecule has 12 amide bonds. The number of nitrogens with one attached hydrogen (secondary N) is 3. The molecule has 1 aromatic carbocycles. The molecule has 0 radical (unpaired) electrons. The van der Waals surface area contributed by atoms with Gasteiger partial charge < -0.3 is 60.0 Å². The van der Waals surface area contributed by atoms with Gasteiger partial charge in [0.2, 0.25) is 70.9 Å². The van der Waals surface area contributed by atoms with Crippen LogP contribution in [0.2, 0.25) is 5.02 Å². The zero-order chi connectivity index (χ0) is 73.4. The highest BCUT2D eigenvalue weighted by atomic mass is 35.5. The average molecular weight is 1430 g/mol. The number of piperidine rings is 1. The lowest BCUT2D eigenvalue weighted by Gasteiger charge is -2.45. The largest absolute Gasteiger partial charge is 0.417 e. The maximum absolute atomic E-state index is 15.4. The third-order valence-electron chi connectivity index (χ3n) is 22.7. The first-order chi connectivity index (χ1) is 47.2. The number of rotatable bonds is 11. The van der Waals surface area contributed by atoms with E-state index in [9.17, 15) is 46.7 Å². The van der Waals surface area contributed by atoms with Crippen LogP contribution < -0.4 is 16.0 Å². The van der Waals surface area contributed by atoms with Crippen LogP contribution in [0.5, 0.6) is 0 Å². The molecular formula is C72H108ClF3N12O12. The Morgan fingerprint density at radius 1 is 0.620 bits per heavy atom. The Balaban J connectivity index is 1.16. The van der Waals surface area contributed by atoms with Gasteiger partial charge in [-0.25, -0.2) is 0 Å². The normalized spacial score (nSPS) is 28.5. The monoisotopic (exact) mass is 1420 g/mol. The van der Waals surface area contributed by atoms with Crippen molar-refractivity contribution < 1.29 is 70.7 Å². The lowest BCUT2D eigenvalue weighted by Crippen LogP contribution is -2.65. The predicted molar refractivity (Wildman–Crippen MR) is 367 cm³/mol. The lowest BCUT2D eigenvalue weighted by atomic mass is 9.84. The van der Waals surface area contributed by atoms with Gasteiger partial charge in [-0.05, 0) is 125 Å². The van der Waals surface area contributed by atoms with E-state index in [1.165, 1.54) is 89.6 Å². The Kier molecular flexibility index (Phi) is 26.6. The molecule has 28 heteroatoms. The van der Waals surface area contributed by atoms with Crippen LogP contribution in [0.4, 0.5) is 13.2 Å². The molecule has 4 aliphatic heterocycles. The Labute approximate surface area is 592 Å². The number of carbonyl (C=O) groups excluding carboxylic acids is 12. The summed E-state index contributed by atoms with van der Waals surface area (Å²) in [5.41, 5.74) is -2.34. The van der Waals surface area contributed by atoms with Gasteiger partial charge in [0, 0.05) is 68.5 Å². The molecule has 1 aromatic rings. The van der Waals surface area contributed by atoms with Crippen molar-refractivity contribution in [3.63, 3.8) is 0 Å². The summed E-state index contributed by atoms with van der Waals surface area (Å²) in [5.74, 6) is -8.47. The summed E-state index contributed by atoms with van der Waals surface area (Å²) in [6.07, 6.45) is 5.57. The first-order valence-corrected chi connectivity index (χ1v) is 36.8. The van der Waals surface area contributed by atoms with Crippen LogP contribution in [0, 0.1) is 23.7 Å². The second-order valence-corrected chi connectivity index (χ2v) is 30.4. The summed E-state index contributed by atoms with van der Waals surface area (Å²) in [6, 6.07) is -7.70. The maximum Gasteiger partial charge on any atom is 0.417 e. The fourth-order valence-corrected chi connectivity index (χ4v) is 16.0. The zero-order valence-corrected chi connectivity index (χ0v) is 61.2. The molecule has 0 unspecified atom stereocenters. The summed E-state index contributed by atoms with van der Waals surface area (Å²) in [4.78, 5) is 192. The number of hydrogen-bond donors (Lipinski definition) is 3. The summed E-state index contributed by atoms with van der Waals surface area (Å²) < 4.78 is 41.6. The predicted octanol–water partition coefficient (Wildman–Crippen LogP) is 5.78. The fourth-order valence-electron chi connectivity index (χ4n) is 15.7. The number of halogens is 4. The number of likely N-dealkylation sites (N-methyl/N-ethyl adjacent to an activating group) is 6. The molecular weight excluding hydrogens is 1320 g/mol. The van der Waals surface area contributed by atoms with Crippen LogP contribution in [-0.4, -0.2) is 250 Å². The number of amides is 12. The molecule has 100 heavy (non-hydrogen) atoms. The molecule has 7 fully saturated rings. The van der Waals surface area contributed by atoms with Crippen molar-refractivity contribution in [1.29, 1.82) is 0 Å². The minimum absolute atomic E-state index is 0.0260. The van der Waals surface area contributed by atoms with Gasteiger partial charge in [0.15, 0.2) is 0 Å². The van der Waals surface area contributed by atoms with Gasteiger partial charge in [-0.1, -0.05) is 110 Å². The second-order valence-electron chi connectivity index (χ2n) is 30.0. The van der Waals surface area contributed by atoms with Gasteiger partial charge in [0.1, 0.15) is 59.9 Å². The van der Waals surface area contributed by atoms with Gasteiger partial charge in [0.25, 0.3) is 0 Å². The van der Waals surface area contributed by atoms with E-state index in [-0.39, 0.29) is 76.3 Å². The number of carbonyl (C=O) groups is 12. The van der Waals surface area contributed by atoms with E-state index in [4.69, 9.17) is 11.6 Å². The standard InChI is InChI=1S/C72H108ClF3N12O12/c1-12-44(4)59-68(98)81(7)45(5)63(93)88-37-31-53(88)66(96)83(9)55(40-46-22-15-13-16-23-46)65(95)80(6)42-57(89)77-51(30-28-47-27-29-49(50(73)38-47)72(74,75)76)64(94)87-36-21-24-52(87)62(92)79-71(32-17-18-33-71)70(100)85(11)60(43(2)3)69(99)84(10)56(67(97)86-34-19-14-20-35-86)41-58(90)82(8)54(61(91)78-59)39-48-25-26-48/h27,29,38,43-46,48,51-56,59-60H,12-26,28,30-37,39-42H2,1-11H3,(H,77,89)(H,78,91)(H,79,92)/t44-,45-,51-,52-,53-,54-,55-,56-,59-,60-/m0/s1. The lowest BCUT2D eigenvalue weighted by molar-refractivity contribution is -0.160. The molecule has 556 valence electrons. The van der Waals surface area contributed by atoms with Crippen LogP contribution in [0.25, 0.3) is 0 Å². The molecule has 4 heterocycles. The molecule has 0 aromatic heterocycles. The van der Waals surface area contributed by atoms with E-state index in [0.717, 1.165) is 68.4 Å². The van der Waals surface area contributed by atoms with Gasteiger partial charge >= 0.3 is 6.18 Å². The maximum atomic E-state index is 15.4. The van der Waals surface area contributed by atoms with E-state index < -0.39 is 172 Å². The number of fused-ring (bicyclic) bond motifs is 2. The van der Waals surface area contributed by atoms with Crippen LogP contribution in [0.3, 0.4) is 0 Å². The average Bonchev–Trinajstić information content (AvgIpc) is 1.21. The molecule has 24 nitrogen and oxygen atoms in total. The quantitative estimate of drug-likeness (QED) is 0.238. The molecule has 0 bridgehead atoms. The highest BCUT2D eigenvalue weighted by Crippen LogP contribution is 2.39. The summed E-state index contributed by atoms with van der Waals surface area (Å²) >= 11 is 6.16. The van der Waals surface area contributed by atoms with Crippen molar-refractivity contribution in [3.8, 4) is 0 Å². The summed E-state index contributed by atoms with van der Waals surface area (Å²) in [5, 5.41) is 8.20. The number of benzene rings is 1. The second kappa shape index (κ2) is 33.8. The van der Waals surface area contributed by atoms with Gasteiger partial charge in [-0.2, -0.15) is 13.2 Å². The molecule has 3 aliphatic carbocycles. The van der Waals surface area contributed by atoms with Crippen molar-refractivity contribution >= 4 is 82.5 Å². The summed E-state index contributed by atoms with van der Waals surface area (Å²) in [7, 11) is 8.67. The van der Waals surface area contributed by atoms with E-state index in [1.54, 1.807) is 25.7 Å². The Morgan fingerprint density at radius 2 is 1.24 bits per heavy atom. The van der Waals surface area contributed by atoms with Crippen molar-refractivity contribution in [2.75, 3.05) is 75.0 Å². The van der Waals surface area contributed by atoms with Crippen molar-refractivity contribution in [1.82, 2.24) is 60.0 Å². The van der Waals surface area contributed by atoms with Gasteiger partial charge in [0.05, 0.1) is 23.6 Å². The van der Waals surface area contributed by atoms with E-state index in [2.05, 4.69) is 16.0 Å². The first-order valence-electron chi connectivity index (χ1n) is 36.5. The number of aryl methyl sites for hydroxylation is 1. The van der Waals surface area contributed by atoms with Crippen LogP contribution in [0.15, 0.2) is 18.2 Å². The molecule has 10 atom stereocenters. The molecule has 3 N–H and O–H groups in total. The Hall–Kier alpha value is -7.06. The van der Waals surface area contributed by atoms with Gasteiger partial charge in [-0.3, -0.25) is 57.5 Å². The minimum Gasteiger partial charge on any atom is -0.343 e. The molecule has 4 saturated heterocycles.